The highest BCUT2D eigenvalue weighted by Gasteiger charge is 2.44. The predicted octanol–water partition coefficient (Wildman–Crippen LogP) is 3.88. The van der Waals surface area contributed by atoms with Crippen molar-refractivity contribution in [2.45, 2.75) is 26.4 Å². The first-order valence-corrected chi connectivity index (χ1v) is 9.26. The molecular formula is C20H21NO4S. The first-order valence-electron chi connectivity index (χ1n) is 8.38. The number of carbonyl (C=O) groups is 2. The van der Waals surface area contributed by atoms with E-state index in [-0.39, 0.29) is 17.3 Å². The summed E-state index contributed by atoms with van der Waals surface area (Å²) in [4.78, 5) is 28.0. The molecule has 1 amide bonds. The average Bonchev–Trinajstić information content (AvgIpc) is 3.23. The zero-order valence-corrected chi connectivity index (χ0v) is 15.7. The summed E-state index contributed by atoms with van der Waals surface area (Å²) in [6.45, 7) is 3.85. The van der Waals surface area contributed by atoms with E-state index in [1.54, 1.807) is 38.0 Å². The van der Waals surface area contributed by atoms with E-state index in [9.17, 15) is 14.7 Å². The molecule has 0 fully saturated rings. The summed E-state index contributed by atoms with van der Waals surface area (Å²) in [6, 6.07) is 10.5. The van der Waals surface area contributed by atoms with Crippen LogP contribution in [0.3, 0.4) is 0 Å². The van der Waals surface area contributed by atoms with Crippen molar-refractivity contribution in [2.24, 2.45) is 5.92 Å². The van der Waals surface area contributed by atoms with Crippen molar-refractivity contribution >= 4 is 23.0 Å². The van der Waals surface area contributed by atoms with Crippen LogP contribution in [0.4, 0.5) is 0 Å². The van der Waals surface area contributed by atoms with E-state index in [0.717, 1.165) is 10.4 Å². The van der Waals surface area contributed by atoms with Crippen LogP contribution >= 0.6 is 11.3 Å². The van der Waals surface area contributed by atoms with Gasteiger partial charge < -0.3 is 14.7 Å². The molecule has 1 aromatic heterocycles. The van der Waals surface area contributed by atoms with E-state index in [0.29, 0.717) is 12.3 Å². The Labute approximate surface area is 156 Å². The van der Waals surface area contributed by atoms with Gasteiger partial charge in [0.05, 0.1) is 25.3 Å². The Morgan fingerprint density at radius 1 is 1.31 bits per heavy atom. The molecule has 2 heterocycles. The highest BCUT2D eigenvalue weighted by molar-refractivity contribution is 7.09. The molecular weight excluding hydrogens is 350 g/mol. The van der Waals surface area contributed by atoms with Crippen LogP contribution in [0, 0.1) is 5.92 Å². The van der Waals surface area contributed by atoms with Gasteiger partial charge in [-0.3, -0.25) is 9.59 Å². The molecule has 1 N–H and O–H groups in total. The summed E-state index contributed by atoms with van der Waals surface area (Å²) in [7, 11) is 1.57. The zero-order valence-electron chi connectivity index (χ0n) is 14.9. The number of Topliss-reactive ketones (excluding diaryl/α,β-unsaturated/α-hetero) is 1. The van der Waals surface area contributed by atoms with Crippen LogP contribution in [0.5, 0.6) is 5.75 Å². The smallest absolute Gasteiger partial charge is 0.290 e. The lowest BCUT2D eigenvalue weighted by atomic mass is 9.91. The van der Waals surface area contributed by atoms with Crippen LogP contribution in [-0.4, -0.2) is 28.8 Å². The van der Waals surface area contributed by atoms with Gasteiger partial charge >= 0.3 is 0 Å². The monoisotopic (exact) mass is 371 g/mol. The Morgan fingerprint density at radius 2 is 2.08 bits per heavy atom. The van der Waals surface area contributed by atoms with Gasteiger partial charge in [-0.05, 0) is 29.1 Å². The molecule has 1 aromatic carbocycles. The molecule has 1 unspecified atom stereocenters. The Bertz CT molecular complexity index is 854. The van der Waals surface area contributed by atoms with Gasteiger partial charge in [0.1, 0.15) is 5.75 Å². The van der Waals surface area contributed by atoms with Crippen LogP contribution in [0.2, 0.25) is 0 Å². The lowest BCUT2D eigenvalue weighted by Gasteiger charge is -2.27. The first kappa shape index (κ1) is 18.2. The molecule has 1 aliphatic rings. The van der Waals surface area contributed by atoms with Crippen LogP contribution in [0.15, 0.2) is 53.1 Å². The molecule has 6 heteroatoms. The largest absolute Gasteiger partial charge is 0.503 e. The lowest BCUT2D eigenvalue weighted by Crippen LogP contribution is -2.30. The van der Waals surface area contributed by atoms with Crippen LogP contribution < -0.4 is 4.74 Å². The standard InChI is InChI=1S/C20H21NO4S/c1-12(2)18(22)16-17(13-6-4-7-14(10-13)25-3)21(20(24)19(16)23)11-15-8-5-9-26-15/h4-10,12,17,23H,11H2,1-3H3. The van der Waals surface area contributed by atoms with E-state index in [4.69, 9.17) is 4.74 Å². The van der Waals surface area contributed by atoms with Gasteiger partial charge in [0.2, 0.25) is 0 Å². The molecule has 0 saturated heterocycles. The highest BCUT2D eigenvalue weighted by atomic mass is 32.1. The summed E-state index contributed by atoms with van der Waals surface area (Å²) in [5, 5.41) is 12.4. The molecule has 2 aromatic rings. The number of rotatable bonds is 6. The normalized spacial score (nSPS) is 17.3. The van der Waals surface area contributed by atoms with Crippen LogP contribution in [0.25, 0.3) is 0 Å². The third-order valence-electron chi connectivity index (χ3n) is 4.41. The van der Waals surface area contributed by atoms with Crippen molar-refractivity contribution in [2.75, 3.05) is 7.11 Å². The third kappa shape index (κ3) is 3.24. The SMILES string of the molecule is COc1cccc(C2C(C(=O)C(C)C)=C(O)C(=O)N2Cc2cccs2)c1. The number of methoxy groups -OCH3 is 1. The number of thiophene rings is 1. The molecule has 0 bridgehead atoms. The summed E-state index contributed by atoms with van der Waals surface area (Å²) < 4.78 is 5.29. The maximum atomic E-state index is 12.8. The number of hydrogen-bond donors (Lipinski definition) is 1. The first-order chi connectivity index (χ1) is 12.4. The third-order valence-corrected chi connectivity index (χ3v) is 5.27. The number of benzene rings is 1. The zero-order chi connectivity index (χ0) is 18.8. The second-order valence-electron chi connectivity index (χ2n) is 6.47. The van der Waals surface area contributed by atoms with Crippen molar-refractivity contribution in [3.63, 3.8) is 0 Å². The molecule has 5 nitrogen and oxygen atoms in total. The molecule has 1 atom stereocenters. The molecule has 0 radical (unpaired) electrons. The molecule has 26 heavy (non-hydrogen) atoms. The number of hydrogen-bond acceptors (Lipinski definition) is 5. The van der Waals surface area contributed by atoms with Gasteiger partial charge in [0, 0.05) is 10.8 Å². The summed E-state index contributed by atoms with van der Waals surface area (Å²) in [6.07, 6.45) is 0. The number of nitrogens with zero attached hydrogens (tertiary/aromatic N) is 1. The van der Waals surface area contributed by atoms with Gasteiger partial charge in [-0.2, -0.15) is 0 Å². The van der Waals surface area contributed by atoms with Crippen molar-refractivity contribution in [3.05, 3.63) is 63.6 Å². The molecule has 136 valence electrons. The Morgan fingerprint density at radius 3 is 2.69 bits per heavy atom. The van der Waals surface area contributed by atoms with E-state index in [1.807, 2.05) is 29.6 Å². The lowest BCUT2D eigenvalue weighted by molar-refractivity contribution is -0.130. The molecule has 1 aliphatic heterocycles. The Hall–Kier alpha value is -2.60. The van der Waals surface area contributed by atoms with Crippen molar-refractivity contribution < 1.29 is 19.4 Å². The van der Waals surface area contributed by atoms with E-state index in [2.05, 4.69) is 0 Å². The minimum atomic E-state index is -0.630. The average molecular weight is 371 g/mol. The summed E-state index contributed by atoms with van der Waals surface area (Å²) >= 11 is 1.53. The van der Waals surface area contributed by atoms with Gasteiger partial charge in [0.25, 0.3) is 5.91 Å². The fourth-order valence-corrected chi connectivity index (χ4v) is 3.81. The van der Waals surface area contributed by atoms with E-state index in [1.165, 1.54) is 11.3 Å². The number of aliphatic hydroxyl groups is 1. The number of ether oxygens (including phenoxy) is 1. The minimum Gasteiger partial charge on any atom is -0.503 e. The Balaban J connectivity index is 2.09. The van der Waals surface area contributed by atoms with E-state index < -0.39 is 17.7 Å². The number of ketones is 1. The fourth-order valence-electron chi connectivity index (χ4n) is 3.11. The summed E-state index contributed by atoms with van der Waals surface area (Å²) in [5.74, 6) is -0.885. The Kier molecular flexibility index (Phi) is 5.13. The number of carbonyl (C=O) groups excluding carboxylic acids is 2. The maximum Gasteiger partial charge on any atom is 0.290 e. The topological polar surface area (TPSA) is 66.8 Å². The second kappa shape index (κ2) is 7.33. The van der Waals surface area contributed by atoms with Crippen LogP contribution in [0.1, 0.15) is 30.3 Å². The quantitative estimate of drug-likeness (QED) is 0.837. The van der Waals surface area contributed by atoms with Gasteiger partial charge in [-0.1, -0.05) is 32.0 Å². The van der Waals surface area contributed by atoms with Gasteiger partial charge in [-0.15, -0.1) is 11.3 Å². The molecule has 3 rings (SSSR count). The van der Waals surface area contributed by atoms with E-state index >= 15 is 0 Å². The van der Waals surface area contributed by atoms with Crippen LogP contribution in [-0.2, 0) is 16.1 Å². The number of aliphatic hydroxyl groups excluding tert-OH is 1. The molecule has 0 saturated carbocycles. The highest BCUT2D eigenvalue weighted by Crippen LogP contribution is 2.40. The van der Waals surface area contributed by atoms with Gasteiger partial charge in [-0.25, -0.2) is 0 Å². The second-order valence-corrected chi connectivity index (χ2v) is 7.51. The number of amides is 1. The summed E-state index contributed by atoms with van der Waals surface area (Å²) in [5.41, 5.74) is 0.900. The predicted molar refractivity (Wildman–Crippen MR) is 100 cm³/mol. The van der Waals surface area contributed by atoms with Crippen molar-refractivity contribution in [3.8, 4) is 5.75 Å². The maximum absolute atomic E-state index is 12.8. The van der Waals surface area contributed by atoms with Crippen molar-refractivity contribution in [1.82, 2.24) is 4.90 Å². The van der Waals surface area contributed by atoms with Gasteiger partial charge in [0.15, 0.2) is 11.5 Å². The minimum absolute atomic E-state index is 0.162. The molecule has 0 spiro atoms. The molecule has 0 aliphatic carbocycles. The van der Waals surface area contributed by atoms with Crippen molar-refractivity contribution in [1.29, 1.82) is 0 Å². The fraction of sp³-hybridized carbons (Fsp3) is 0.300.